The summed E-state index contributed by atoms with van der Waals surface area (Å²) in [5, 5.41) is 10.8. The van der Waals surface area contributed by atoms with Gasteiger partial charge in [-0.25, -0.2) is 13.1 Å². The van der Waals surface area contributed by atoms with E-state index in [9.17, 15) is 22.9 Å². The number of halogens is 1. The molecule has 1 aromatic carbocycles. The lowest BCUT2D eigenvalue weighted by Crippen LogP contribution is -2.24. The van der Waals surface area contributed by atoms with E-state index in [1.807, 2.05) is 0 Å². The van der Waals surface area contributed by atoms with Gasteiger partial charge < -0.3 is 4.42 Å². The highest BCUT2D eigenvalue weighted by atomic mass is 32.2. The van der Waals surface area contributed by atoms with Crippen molar-refractivity contribution in [2.24, 2.45) is 0 Å². The molecule has 0 amide bonds. The molecule has 0 radical (unpaired) electrons. The van der Waals surface area contributed by atoms with Gasteiger partial charge in [0, 0.05) is 12.1 Å². The molecule has 1 heterocycles. The van der Waals surface area contributed by atoms with Crippen molar-refractivity contribution >= 4 is 15.7 Å². The summed E-state index contributed by atoms with van der Waals surface area (Å²) in [6, 6.07) is 4.42. The molecule has 1 N–H and O–H groups in total. The van der Waals surface area contributed by atoms with Crippen molar-refractivity contribution in [1.82, 2.24) is 4.72 Å². The van der Waals surface area contributed by atoms with Crippen LogP contribution in [-0.2, 0) is 16.6 Å². The summed E-state index contributed by atoms with van der Waals surface area (Å²) in [4.78, 5) is 9.00. The van der Waals surface area contributed by atoms with Crippen LogP contribution in [0.15, 0.2) is 46.1 Å². The zero-order valence-corrected chi connectivity index (χ0v) is 10.8. The molecule has 1 aromatic heterocycles. The highest BCUT2D eigenvalue weighted by molar-refractivity contribution is 7.89. The van der Waals surface area contributed by atoms with Gasteiger partial charge in [0.05, 0.1) is 17.4 Å². The quantitative estimate of drug-likeness (QED) is 0.670. The minimum absolute atomic E-state index is 0.119. The third-order valence-corrected chi connectivity index (χ3v) is 3.90. The van der Waals surface area contributed by atoms with Gasteiger partial charge in [0.2, 0.25) is 15.8 Å². The number of nitrogens with one attached hydrogen (secondary N) is 1. The lowest BCUT2D eigenvalue weighted by molar-refractivity contribution is -0.390. The van der Waals surface area contributed by atoms with E-state index < -0.39 is 31.3 Å². The van der Waals surface area contributed by atoms with Crippen molar-refractivity contribution in [2.45, 2.75) is 11.4 Å². The predicted octanol–water partition coefficient (Wildman–Crippen LogP) is 1.81. The summed E-state index contributed by atoms with van der Waals surface area (Å²) < 4.78 is 44.3. The Labute approximate surface area is 113 Å². The lowest BCUT2D eigenvalue weighted by Gasteiger charge is -2.06. The van der Waals surface area contributed by atoms with Crippen LogP contribution in [0.3, 0.4) is 0 Å². The zero-order chi connectivity index (χ0) is 14.8. The highest BCUT2D eigenvalue weighted by Crippen LogP contribution is 2.26. The number of rotatable bonds is 5. The van der Waals surface area contributed by atoms with E-state index in [-0.39, 0.29) is 6.54 Å². The summed E-state index contributed by atoms with van der Waals surface area (Å²) in [5.41, 5.74) is -0.542. The first-order valence-corrected chi connectivity index (χ1v) is 6.84. The number of benzene rings is 1. The number of hydrogen-bond acceptors (Lipinski definition) is 5. The molecular weight excluding hydrogens is 291 g/mol. The van der Waals surface area contributed by atoms with E-state index in [0.29, 0.717) is 5.56 Å². The first-order valence-electron chi connectivity index (χ1n) is 5.35. The van der Waals surface area contributed by atoms with Gasteiger partial charge in [-0.2, -0.15) is 4.39 Å². The number of para-hydroxylation sites is 1. The van der Waals surface area contributed by atoms with Crippen molar-refractivity contribution < 1.29 is 22.1 Å². The predicted molar refractivity (Wildman–Crippen MR) is 65.8 cm³/mol. The van der Waals surface area contributed by atoms with Gasteiger partial charge in [-0.3, -0.25) is 10.1 Å². The van der Waals surface area contributed by atoms with Crippen LogP contribution in [-0.4, -0.2) is 13.3 Å². The largest absolute Gasteiger partial charge is 0.472 e. The second-order valence-corrected chi connectivity index (χ2v) is 5.54. The maximum atomic E-state index is 13.4. The van der Waals surface area contributed by atoms with Crippen molar-refractivity contribution in [3.05, 3.63) is 58.3 Å². The fraction of sp³-hybridized carbons (Fsp3) is 0.0909. The number of nitro benzene ring substituents is 1. The van der Waals surface area contributed by atoms with Gasteiger partial charge in [0.15, 0.2) is 4.90 Å². The average Bonchev–Trinajstić information content (AvgIpc) is 2.89. The molecule has 0 bridgehead atoms. The maximum absolute atomic E-state index is 13.4. The molecule has 0 saturated carbocycles. The van der Waals surface area contributed by atoms with Crippen LogP contribution in [0.25, 0.3) is 0 Å². The molecule has 0 fully saturated rings. The number of furan rings is 1. The Balaban J connectivity index is 2.34. The molecule has 7 nitrogen and oxygen atoms in total. The SMILES string of the molecule is O=[N+]([O-])c1c(F)cccc1S(=O)(=O)NCc1ccoc1. The number of nitro groups is 1. The van der Waals surface area contributed by atoms with E-state index in [2.05, 4.69) is 4.72 Å². The van der Waals surface area contributed by atoms with Crippen molar-refractivity contribution in [3.8, 4) is 0 Å². The minimum Gasteiger partial charge on any atom is -0.472 e. The van der Waals surface area contributed by atoms with Crippen LogP contribution in [0, 0.1) is 15.9 Å². The van der Waals surface area contributed by atoms with Crippen LogP contribution in [0.2, 0.25) is 0 Å². The molecule has 2 aromatic rings. The molecule has 106 valence electrons. The Hall–Kier alpha value is -2.26. The molecule has 0 aliphatic rings. The monoisotopic (exact) mass is 300 g/mol. The second-order valence-electron chi connectivity index (χ2n) is 3.80. The summed E-state index contributed by atoms with van der Waals surface area (Å²) in [7, 11) is -4.21. The Morgan fingerprint density at radius 1 is 1.35 bits per heavy atom. The fourth-order valence-corrected chi connectivity index (χ4v) is 2.74. The minimum atomic E-state index is -4.21. The van der Waals surface area contributed by atoms with E-state index in [0.717, 1.165) is 18.2 Å². The summed E-state index contributed by atoms with van der Waals surface area (Å²) in [6.45, 7) is -0.119. The van der Waals surface area contributed by atoms with Crippen LogP contribution >= 0.6 is 0 Å². The number of hydrogen-bond donors (Lipinski definition) is 1. The second kappa shape index (κ2) is 5.39. The Kier molecular flexibility index (Phi) is 3.81. The number of nitrogens with zero attached hydrogens (tertiary/aromatic N) is 1. The van der Waals surface area contributed by atoms with E-state index in [4.69, 9.17) is 4.42 Å². The standard InChI is InChI=1S/C11H9FN2O5S/c12-9-2-1-3-10(11(9)14(15)16)20(17,18)13-6-8-4-5-19-7-8/h1-5,7,13H,6H2. The fourth-order valence-electron chi connectivity index (χ4n) is 1.54. The van der Waals surface area contributed by atoms with Gasteiger partial charge >= 0.3 is 5.69 Å². The lowest BCUT2D eigenvalue weighted by atomic mass is 10.3. The van der Waals surface area contributed by atoms with Crippen LogP contribution in [0.5, 0.6) is 0 Å². The molecule has 9 heteroatoms. The normalized spacial score (nSPS) is 11.4. The van der Waals surface area contributed by atoms with Gasteiger partial charge in [-0.15, -0.1) is 0 Å². The Bertz CT molecular complexity index is 727. The molecule has 20 heavy (non-hydrogen) atoms. The molecule has 0 spiro atoms. The van der Waals surface area contributed by atoms with Crippen molar-refractivity contribution in [2.75, 3.05) is 0 Å². The highest BCUT2D eigenvalue weighted by Gasteiger charge is 2.29. The first-order chi connectivity index (χ1) is 9.42. The first kappa shape index (κ1) is 14.2. The van der Waals surface area contributed by atoms with Crippen LogP contribution in [0.4, 0.5) is 10.1 Å². The molecule has 0 unspecified atom stereocenters. The third kappa shape index (κ3) is 2.83. The summed E-state index contributed by atoms with van der Waals surface area (Å²) in [6.07, 6.45) is 2.68. The number of sulfonamides is 1. The Morgan fingerprint density at radius 2 is 2.10 bits per heavy atom. The molecule has 0 saturated heterocycles. The Morgan fingerprint density at radius 3 is 2.70 bits per heavy atom. The van der Waals surface area contributed by atoms with Gasteiger partial charge in [0.25, 0.3) is 0 Å². The van der Waals surface area contributed by atoms with Crippen molar-refractivity contribution in [1.29, 1.82) is 0 Å². The smallest absolute Gasteiger partial charge is 0.324 e. The average molecular weight is 300 g/mol. The van der Waals surface area contributed by atoms with Crippen molar-refractivity contribution in [3.63, 3.8) is 0 Å². The molecule has 0 atom stereocenters. The molecule has 2 rings (SSSR count). The van der Waals surface area contributed by atoms with Crippen LogP contribution < -0.4 is 4.72 Å². The van der Waals surface area contributed by atoms with E-state index in [1.54, 1.807) is 0 Å². The third-order valence-electron chi connectivity index (χ3n) is 2.47. The maximum Gasteiger partial charge on any atom is 0.324 e. The topological polar surface area (TPSA) is 102 Å². The molecule has 0 aliphatic carbocycles. The molecular formula is C11H9FN2O5S. The summed E-state index contributed by atoms with van der Waals surface area (Å²) in [5.74, 6) is -1.21. The summed E-state index contributed by atoms with van der Waals surface area (Å²) >= 11 is 0. The van der Waals surface area contributed by atoms with Gasteiger partial charge in [-0.05, 0) is 18.2 Å². The van der Waals surface area contributed by atoms with Gasteiger partial charge in [0.1, 0.15) is 0 Å². The van der Waals surface area contributed by atoms with Gasteiger partial charge in [-0.1, -0.05) is 6.07 Å². The van der Waals surface area contributed by atoms with E-state index >= 15 is 0 Å². The molecule has 0 aliphatic heterocycles. The van der Waals surface area contributed by atoms with Crippen LogP contribution in [0.1, 0.15) is 5.56 Å². The zero-order valence-electron chi connectivity index (χ0n) is 9.95. The van der Waals surface area contributed by atoms with E-state index in [1.165, 1.54) is 18.6 Å².